The zero-order valence-corrected chi connectivity index (χ0v) is 11.6. The van der Waals surface area contributed by atoms with Crippen molar-refractivity contribution in [2.75, 3.05) is 37.1 Å². The number of anilines is 2. The fourth-order valence-electron chi connectivity index (χ4n) is 1.21. The molecule has 2 N–H and O–H groups in total. The maximum absolute atomic E-state index is 5.18. The van der Waals surface area contributed by atoms with Gasteiger partial charge in [0.05, 0.1) is 6.10 Å². The number of ether oxygens (including phenoxy) is 1. The van der Waals surface area contributed by atoms with Crippen molar-refractivity contribution in [1.29, 1.82) is 0 Å². The van der Waals surface area contributed by atoms with E-state index in [0.717, 1.165) is 29.9 Å². The molecule has 1 aromatic heterocycles. The molecule has 0 bridgehead atoms. The lowest BCUT2D eigenvalue weighted by Crippen LogP contribution is -2.19. The largest absolute Gasteiger partial charge is 0.380 e. The molecule has 17 heavy (non-hydrogen) atoms. The Bertz CT molecular complexity index is 348. The predicted octanol–water partition coefficient (Wildman–Crippen LogP) is 2.08. The highest BCUT2D eigenvalue weighted by atomic mass is 32.2. The van der Waals surface area contributed by atoms with Gasteiger partial charge in [-0.1, -0.05) is 11.8 Å². The van der Waals surface area contributed by atoms with Gasteiger partial charge >= 0.3 is 0 Å². The molecule has 0 aromatic carbocycles. The van der Waals surface area contributed by atoms with Crippen LogP contribution in [0.15, 0.2) is 11.2 Å². The van der Waals surface area contributed by atoms with Crippen molar-refractivity contribution >= 4 is 23.4 Å². The molecule has 0 saturated heterocycles. The second kappa shape index (κ2) is 7.34. The van der Waals surface area contributed by atoms with E-state index in [-0.39, 0.29) is 6.10 Å². The van der Waals surface area contributed by atoms with Gasteiger partial charge in [0, 0.05) is 26.3 Å². The Balaban J connectivity index is 2.72. The molecule has 1 aromatic rings. The molecule has 1 heterocycles. The molecule has 1 atom stereocenters. The van der Waals surface area contributed by atoms with E-state index in [1.165, 1.54) is 11.8 Å². The van der Waals surface area contributed by atoms with Gasteiger partial charge in [0.15, 0.2) is 5.16 Å². The second-order valence-electron chi connectivity index (χ2n) is 3.58. The van der Waals surface area contributed by atoms with E-state index >= 15 is 0 Å². The molecule has 0 aliphatic rings. The van der Waals surface area contributed by atoms with Gasteiger partial charge in [0.1, 0.15) is 11.6 Å². The zero-order valence-electron chi connectivity index (χ0n) is 10.8. The van der Waals surface area contributed by atoms with Crippen molar-refractivity contribution in [3.8, 4) is 0 Å². The maximum atomic E-state index is 5.18. The molecule has 1 rings (SSSR count). The molecule has 0 amide bonds. The fraction of sp³-hybridized carbons (Fsp3) is 0.636. The average molecular weight is 256 g/mol. The molecule has 0 fully saturated rings. The lowest BCUT2D eigenvalue weighted by atomic mass is 10.4. The molecular formula is C11H20N4OS. The number of aromatic nitrogens is 2. The molecular weight excluding hydrogens is 236 g/mol. The van der Waals surface area contributed by atoms with E-state index in [2.05, 4.69) is 20.6 Å². The van der Waals surface area contributed by atoms with Gasteiger partial charge in [0.25, 0.3) is 0 Å². The van der Waals surface area contributed by atoms with Gasteiger partial charge < -0.3 is 15.4 Å². The highest BCUT2D eigenvalue weighted by Gasteiger charge is 2.05. The highest BCUT2D eigenvalue weighted by molar-refractivity contribution is 7.98. The van der Waals surface area contributed by atoms with Crippen molar-refractivity contribution in [2.24, 2.45) is 0 Å². The van der Waals surface area contributed by atoms with Crippen LogP contribution in [-0.2, 0) is 4.74 Å². The first kappa shape index (κ1) is 14.1. The van der Waals surface area contributed by atoms with Crippen LogP contribution in [0, 0.1) is 0 Å². The van der Waals surface area contributed by atoms with E-state index in [4.69, 9.17) is 4.74 Å². The van der Waals surface area contributed by atoms with Crippen molar-refractivity contribution in [1.82, 2.24) is 9.97 Å². The molecule has 0 saturated carbocycles. The Kier molecular flexibility index (Phi) is 6.07. The Hall–Kier alpha value is -1.01. The molecule has 5 nitrogen and oxygen atoms in total. The van der Waals surface area contributed by atoms with E-state index < -0.39 is 0 Å². The van der Waals surface area contributed by atoms with Crippen LogP contribution in [-0.4, -0.2) is 42.5 Å². The summed E-state index contributed by atoms with van der Waals surface area (Å²) in [6, 6.07) is 1.91. The van der Waals surface area contributed by atoms with Gasteiger partial charge in [-0.15, -0.1) is 0 Å². The van der Waals surface area contributed by atoms with Gasteiger partial charge in [-0.05, 0) is 20.1 Å². The Morgan fingerprint density at radius 1 is 1.35 bits per heavy atom. The smallest absolute Gasteiger partial charge is 0.191 e. The number of methoxy groups -OCH3 is 1. The normalized spacial score (nSPS) is 12.2. The lowest BCUT2D eigenvalue weighted by Gasteiger charge is -2.12. The van der Waals surface area contributed by atoms with Crippen molar-refractivity contribution < 1.29 is 4.74 Å². The molecule has 0 aliphatic carbocycles. The molecule has 6 heteroatoms. The third kappa shape index (κ3) is 4.79. The standard InChI is InChI=1S/C11H20N4OS/c1-5-12-9-6-10(13-7-8(2)16-3)15-11(14-9)17-4/h6,8H,5,7H2,1-4H3,(H2,12,13,14,15). The fourth-order valence-corrected chi connectivity index (χ4v) is 1.59. The maximum Gasteiger partial charge on any atom is 0.191 e. The predicted molar refractivity (Wildman–Crippen MR) is 72.9 cm³/mol. The summed E-state index contributed by atoms with van der Waals surface area (Å²) in [5, 5.41) is 7.19. The summed E-state index contributed by atoms with van der Waals surface area (Å²) in [5.41, 5.74) is 0. The topological polar surface area (TPSA) is 59.1 Å². The Morgan fingerprint density at radius 3 is 2.53 bits per heavy atom. The molecule has 96 valence electrons. The van der Waals surface area contributed by atoms with Crippen LogP contribution in [0.4, 0.5) is 11.6 Å². The zero-order chi connectivity index (χ0) is 12.7. The summed E-state index contributed by atoms with van der Waals surface area (Å²) < 4.78 is 5.18. The van der Waals surface area contributed by atoms with Crippen LogP contribution < -0.4 is 10.6 Å². The van der Waals surface area contributed by atoms with Crippen molar-refractivity contribution in [3.63, 3.8) is 0 Å². The van der Waals surface area contributed by atoms with Crippen molar-refractivity contribution in [2.45, 2.75) is 25.1 Å². The van der Waals surface area contributed by atoms with E-state index in [9.17, 15) is 0 Å². The summed E-state index contributed by atoms with van der Waals surface area (Å²) in [7, 11) is 1.70. The summed E-state index contributed by atoms with van der Waals surface area (Å²) in [4.78, 5) is 8.74. The SMILES string of the molecule is CCNc1cc(NCC(C)OC)nc(SC)n1. The number of hydrogen-bond donors (Lipinski definition) is 2. The number of nitrogens with one attached hydrogen (secondary N) is 2. The van der Waals surface area contributed by atoms with E-state index in [0.29, 0.717) is 0 Å². The monoisotopic (exact) mass is 256 g/mol. The van der Waals surface area contributed by atoms with Gasteiger partial charge in [-0.2, -0.15) is 0 Å². The van der Waals surface area contributed by atoms with Crippen LogP contribution in [0.1, 0.15) is 13.8 Å². The summed E-state index contributed by atoms with van der Waals surface area (Å²) in [5.74, 6) is 1.67. The van der Waals surface area contributed by atoms with Gasteiger partial charge in [-0.25, -0.2) is 9.97 Å². The van der Waals surface area contributed by atoms with Crippen LogP contribution in [0.25, 0.3) is 0 Å². The Labute approximate surface area is 107 Å². The first-order chi connectivity index (χ1) is 8.19. The number of thioether (sulfide) groups is 1. The van der Waals surface area contributed by atoms with Crippen LogP contribution in [0.3, 0.4) is 0 Å². The molecule has 0 radical (unpaired) electrons. The molecule has 1 unspecified atom stereocenters. The summed E-state index contributed by atoms with van der Waals surface area (Å²) in [6.45, 7) is 5.63. The quantitative estimate of drug-likeness (QED) is 0.575. The number of hydrogen-bond acceptors (Lipinski definition) is 6. The summed E-state index contributed by atoms with van der Waals surface area (Å²) in [6.07, 6.45) is 2.12. The molecule has 0 spiro atoms. The van der Waals surface area contributed by atoms with Crippen LogP contribution >= 0.6 is 11.8 Å². The van der Waals surface area contributed by atoms with E-state index in [1.54, 1.807) is 7.11 Å². The minimum atomic E-state index is 0.158. The minimum Gasteiger partial charge on any atom is -0.380 e. The van der Waals surface area contributed by atoms with Gasteiger partial charge in [0.2, 0.25) is 0 Å². The first-order valence-corrected chi connectivity index (χ1v) is 6.85. The minimum absolute atomic E-state index is 0.158. The van der Waals surface area contributed by atoms with Crippen LogP contribution in [0.5, 0.6) is 0 Å². The number of rotatable bonds is 7. The lowest BCUT2D eigenvalue weighted by molar-refractivity contribution is 0.128. The third-order valence-electron chi connectivity index (χ3n) is 2.22. The average Bonchev–Trinajstić information content (AvgIpc) is 2.36. The second-order valence-corrected chi connectivity index (χ2v) is 4.36. The summed E-state index contributed by atoms with van der Waals surface area (Å²) >= 11 is 1.53. The van der Waals surface area contributed by atoms with E-state index in [1.807, 2.05) is 26.2 Å². The van der Waals surface area contributed by atoms with Crippen LogP contribution in [0.2, 0.25) is 0 Å². The first-order valence-electron chi connectivity index (χ1n) is 5.63. The van der Waals surface area contributed by atoms with Gasteiger partial charge in [-0.3, -0.25) is 0 Å². The molecule has 0 aliphatic heterocycles. The number of nitrogens with zero attached hydrogens (tertiary/aromatic N) is 2. The van der Waals surface area contributed by atoms with Crippen molar-refractivity contribution in [3.05, 3.63) is 6.07 Å². The highest BCUT2D eigenvalue weighted by Crippen LogP contribution is 2.17. The third-order valence-corrected chi connectivity index (χ3v) is 2.77. The Morgan fingerprint density at radius 2 is 2.00 bits per heavy atom.